The molecule has 0 atom stereocenters. The molecule has 1 heterocycles. The summed E-state index contributed by atoms with van der Waals surface area (Å²) in [5.74, 6) is -0.369. The summed E-state index contributed by atoms with van der Waals surface area (Å²) in [5, 5.41) is 2.73. The lowest BCUT2D eigenvalue weighted by molar-refractivity contribution is -0.116. The molecule has 0 saturated heterocycles. The zero-order valence-electron chi connectivity index (χ0n) is 15.5. The molecule has 1 aromatic heterocycles. The molecule has 0 aliphatic carbocycles. The Morgan fingerprint density at radius 2 is 1.70 bits per heavy atom. The Kier molecular flexibility index (Phi) is 5.07. The van der Waals surface area contributed by atoms with Crippen LogP contribution in [0.1, 0.15) is 16.7 Å². The molecule has 0 unspecified atom stereocenters. The van der Waals surface area contributed by atoms with E-state index in [2.05, 4.69) is 5.32 Å². The van der Waals surface area contributed by atoms with Gasteiger partial charge in [0.15, 0.2) is 0 Å². The van der Waals surface area contributed by atoms with Crippen molar-refractivity contribution in [3.05, 3.63) is 92.3 Å². The van der Waals surface area contributed by atoms with Gasteiger partial charge in [-0.1, -0.05) is 18.2 Å². The first-order valence-corrected chi connectivity index (χ1v) is 8.61. The molecule has 0 fully saturated rings. The van der Waals surface area contributed by atoms with Crippen LogP contribution in [0.5, 0.6) is 0 Å². The van der Waals surface area contributed by atoms with Crippen molar-refractivity contribution in [3.8, 4) is 5.69 Å². The zero-order chi connectivity index (χ0) is 19.6. The normalized spacial score (nSPS) is 10.6. The fraction of sp³-hybridized carbons (Fsp3) is 0.190. The molecule has 1 N–H and O–H groups in total. The first-order valence-electron chi connectivity index (χ1n) is 8.61. The quantitative estimate of drug-likeness (QED) is 0.724. The molecule has 0 saturated carbocycles. The van der Waals surface area contributed by atoms with Gasteiger partial charge in [0.1, 0.15) is 6.54 Å². The number of rotatable bonds is 4. The van der Waals surface area contributed by atoms with Gasteiger partial charge >= 0.3 is 11.1 Å². The van der Waals surface area contributed by atoms with Crippen LogP contribution in [0.3, 0.4) is 0 Å². The van der Waals surface area contributed by atoms with Crippen LogP contribution in [0.15, 0.2) is 64.4 Å². The van der Waals surface area contributed by atoms with Gasteiger partial charge in [0.2, 0.25) is 5.91 Å². The summed E-state index contributed by atoms with van der Waals surface area (Å²) < 4.78 is 2.41. The fourth-order valence-electron chi connectivity index (χ4n) is 2.79. The van der Waals surface area contributed by atoms with Crippen LogP contribution in [0.2, 0.25) is 0 Å². The number of nitrogens with zero attached hydrogens (tertiary/aromatic N) is 2. The third kappa shape index (κ3) is 4.06. The number of aryl methyl sites for hydroxylation is 3. The highest BCUT2D eigenvalue weighted by Crippen LogP contribution is 2.12. The van der Waals surface area contributed by atoms with E-state index in [1.165, 1.54) is 17.0 Å². The molecule has 3 rings (SSSR count). The molecule has 0 spiro atoms. The predicted molar refractivity (Wildman–Crippen MR) is 106 cm³/mol. The van der Waals surface area contributed by atoms with Crippen LogP contribution in [-0.2, 0) is 11.3 Å². The first kappa shape index (κ1) is 18.4. The van der Waals surface area contributed by atoms with Crippen molar-refractivity contribution >= 4 is 11.6 Å². The van der Waals surface area contributed by atoms with Gasteiger partial charge in [-0.3, -0.25) is 23.5 Å². The van der Waals surface area contributed by atoms with Gasteiger partial charge in [0, 0.05) is 23.8 Å². The van der Waals surface area contributed by atoms with E-state index >= 15 is 0 Å². The average Bonchev–Trinajstić information content (AvgIpc) is 2.62. The van der Waals surface area contributed by atoms with Crippen LogP contribution in [-0.4, -0.2) is 15.0 Å². The van der Waals surface area contributed by atoms with Gasteiger partial charge < -0.3 is 5.32 Å². The predicted octanol–water partition coefficient (Wildman–Crippen LogP) is 2.56. The van der Waals surface area contributed by atoms with E-state index in [1.807, 2.05) is 51.1 Å². The van der Waals surface area contributed by atoms with Crippen LogP contribution >= 0.6 is 0 Å². The number of nitrogens with one attached hydrogen (secondary N) is 1. The number of benzene rings is 2. The van der Waals surface area contributed by atoms with Crippen molar-refractivity contribution in [1.29, 1.82) is 0 Å². The second kappa shape index (κ2) is 7.45. The molecule has 2 aromatic carbocycles. The number of carbonyl (C=O) groups is 1. The molecule has 6 nitrogen and oxygen atoms in total. The Bertz CT molecular complexity index is 1130. The summed E-state index contributed by atoms with van der Waals surface area (Å²) in [6.45, 7) is 5.62. The maximum Gasteiger partial charge on any atom is 0.320 e. The molecular weight excluding hydrogens is 342 g/mol. The Hall–Kier alpha value is -3.41. The smallest absolute Gasteiger partial charge is 0.320 e. The number of carbonyl (C=O) groups excluding carboxylic acids is 1. The van der Waals surface area contributed by atoms with Crippen LogP contribution in [0.4, 0.5) is 5.69 Å². The average molecular weight is 363 g/mol. The van der Waals surface area contributed by atoms with E-state index in [-0.39, 0.29) is 12.5 Å². The third-order valence-corrected chi connectivity index (χ3v) is 4.44. The summed E-state index contributed by atoms with van der Waals surface area (Å²) >= 11 is 0. The Balaban J connectivity index is 1.84. The second-order valence-electron chi connectivity index (χ2n) is 6.59. The summed E-state index contributed by atoms with van der Waals surface area (Å²) in [6, 6.07) is 12.9. The maximum atomic E-state index is 12.5. The maximum absolute atomic E-state index is 12.5. The molecule has 138 valence electrons. The van der Waals surface area contributed by atoms with Gasteiger partial charge in [0.05, 0.1) is 0 Å². The summed E-state index contributed by atoms with van der Waals surface area (Å²) in [6.07, 6.45) is 2.96. The lowest BCUT2D eigenvalue weighted by Gasteiger charge is -2.11. The Morgan fingerprint density at radius 1 is 0.926 bits per heavy atom. The van der Waals surface area contributed by atoms with Gasteiger partial charge in [0.25, 0.3) is 0 Å². The number of aromatic nitrogens is 2. The lowest BCUT2D eigenvalue weighted by atomic mass is 10.1. The molecular formula is C21H21N3O3. The van der Waals surface area contributed by atoms with Gasteiger partial charge in [-0.25, -0.2) is 0 Å². The molecule has 0 bridgehead atoms. The molecule has 1 amide bonds. The lowest BCUT2D eigenvalue weighted by Crippen LogP contribution is -2.41. The second-order valence-corrected chi connectivity index (χ2v) is 6.59. The summed E-state index contributed by atoms with van der Waals surface area (Å²) in [5.41, 5.74) is 2.99. The van der Waals surface area contributed by atoms with Crippen molar-refractivity contribution in [2.45, 2.75) is 27.3 Å². The Morgan fingerprint density at radius 3 is 2.41 bits per heavy atom. The van der Waals surface area contributed by atoms with Crippen molar-refractivity contribution in [2.75, 3.05) is 5.32 Å². The number of anilines is 1. The highest BCUT2D eigenvalue weighted by Gasteiger charge is 2.11. The molecule has 27 heavy (non-hydrogen) atoms. The Labute approximate surface area is 156 Å². The van der Waals surface area contributed by atoms with Crippen molar-refractivity contribution in [1.82, 2.24) is 9.13 Å². The monoisotopic (exact) mass is 363 g/mol. The van der Waals surface area contributed by atoms with Gasteiger partial charge in [-0.2, -0.15) is 0 Å². The van der Waals surface area contributed by atoms with E-state index in [1.54, 1.807) is 12.1 Å². The van der Waals surface area contributed by atoms with Gasteiger partial charge in [-0.05, 0) is 61.7 Å². The summed E-state index contributed by atoms with van der Waals surface area (Å²) in [4.78, 5) is 37.1. The van der Waals surface area contributed by atoms with Crippen molar-refractivity contribution in [3.63, 3.8) is 0 Å². The molecule has 0 aliphatic heterocycles. The highest BCUT2D eigenvalue weighted by atomic mass is 16.2. The van der Waals surface area contributed by atoms with Crippen molar-refractivity contribution in [2.24, 2.45) is 0 Å². The van der Waals surface area contributed by atoms with Crippen molar-refractivity contribution < 1.29 is 4.79 Å². The molecule has 3 aromatic rings. The number of hydrogen-bond acceptors (Lipinski definition) is 3. The van der Waals surface area contributed by atoms with E-state index in [0.29, 0.717) is 11.4 Å². The van der Waals surface area contributed by atoms with E-state index in [9.17, 15) is 14.4 Å². The minimum Gasteiger partial charge on any atom is -0.325 e. The van der Waals surface area contributed by atoms with E-state index in [4.69, 9.17) is 0 Å². The molecule has 0 radical (unpaired) electrons. The largest absolute Gasteiger partial charge is 0.325 e. The SMILES string of the molecule is Cc1cccc(NC(=O)Cn2ccn(-c3ccc(C)c(C)c3)c(=O)c2=O)c1. The number of amides is 1. The molecule has 0 aliphatic rings. The molecule has 6 heteroatoms. The summed E-state index contributed by atoms with van der Waals surface area (Å²) in [7, 11) is 0. The topological polar surface area (TPSA) is 73.1 Å². The van der Waals surface area contributed by atoms with E-state index in [0.717, 1.165) is 21.3 Å². The van der Waals surface area contributed by atoms with E-state index < -0.39 is 11.1 Å². The minimum atomic E-state index is -0.741. The first-order chi connectivity index (χ1) is 12.8. The van der Waals surface area contributed by atoms with Crippen LogP contribution < -0.4 is 16.4 Å². The van der Waals surface area contributed by atoms with Crippen LogP contribution in [0, 0.1) is 20.8 Å². The third-order valence-electron chi connectivity index (χ3n) is 4.44. The standard InChI is InChI=1S/C21H21N3O3/c1-14-5-4-6-17(11-14)22-19(25)13-23-9-10-24(21(27)20(23)26)18-8-7-15(2)16(3)12-18/h4-12H,13H2,1-3H3,(H,22,25). The fourth-order valence-corrected chi connectivity index (χ4v) is 2.79. The van der Waals surface area contributed by atoms with Crippen LogP contribution in [0.25, 0.3) is 5.69 Å². The highest BCUT2D eigenvalue weighted by molar-refractivity contribution is 5.90. The van der Waals surface area contributed by atoms with Gasteiger partial charge in [-0.15, -0.1) is 0 Å². The zero-order valence-corrected chi connectivity index (χ0v) is 15.5. The number of hydrogen-bond donors (Lipinski definition) is 1. The minimum absolute atomic E-state index is 0.226.